The Labute approximate surface area is 369 Å². The Hall–Kier alpha value is -6.50. The maximum atomic E-state index is 2.34. The first-order valence-corrected chi connectivity index (χ1v) is 22.2. The fourth-order valence-corrected chi connectivity index (χ4v) is 8.74. The predicted molar refractivity (Wildman–Crippen MR) is 274 cm³/mol. The fraction of sp³-hybridized carbons (Fsp3) is 0.194. The lowest BCUT2D eigenvalue weighted by atomic mass is 9.82. The number of hydrogen-bond acceptors (Lipinski definition) is 0. The third kappa shape index (κ3) is 8.93. The highest BCUT2D eigenvalue weighted by Gasteiger charge is 2.19. The van der Waals surface area contributed by atoms with Crippen molar-refractivity contribution in [3.63, 3.8) is 0 Å². The first-order valence-electron chi connectivity index (χ1n) is 22.2. The van der Waals surface area contributed by atoms with Crippen LogP contribution in [0.15, 0.2) is 200 Å². The van der Waals surface area contributed by atoms with Crippen molar-refractivity contribution < 1.29 is 0 Å². The van der Waals surface area contributed by atoms with Crippen LogP contribution in [0.25, 0.3) is 76.1 Å². The molecule has 0 heteroatoms. The first kappa shape index (κ1) is 42.2. The first-order chi connectivity index (χ1) is 29.7. The molecule has 0 amide bonds. The van der Waals surface area contributed by atoms with Gasteiger partial charge in [-0.3, -0.25) is 0 Å². The lowest BCUT2D eigenvalue weighted by Crippen LogP contribution is -2.11. The molecule has 0 aliphatic heterocycles. The number of rotatable bonds is 2. The van der Waals surface area contributed by atoms with Gasteiger partial charge in [0.25, 0.3) is 0 Å². The number of benzene rings is 10. The second-order valence-electron chi connectivity index (χ2n) is 19.8. The van der Waals surface area contributed by atoms with Gasteiger partial charge in [-0.15, -0.1) is 0 Å². The third-order valence-electron chi connectivity index (χ3n) is 12.3. The van der Waals surface area contributed by atoms with E-state index in [1.165, 1.54) is 92.8 Å². The quantitative estimate of drug-likeness (QED) is 0.153. The average Bonchev–Trinajstić information content (AvgIpc) is 3.28. The van der Waals surface area contributed by atoms with Gasteiger partial charge in [0.05, 0.1) is 0 Å². The Morgan fingerprint density at radius 3 is 1.24 bits per heavy atom. The summed E-state index contributed by atoms with van der Waals surface area (Å²) < 4.78 is 0. The standard InChI is InChI=1S/C26H24.2C18H18/c1-26(2,3)21-17-15-20(16-18-21)23-12-8-13-24-22(11-7-14-25(23)24)19-9-5-4-6-10-19;1-18(2,3)17-12-13-8-4-5-9-14(13)15-10-6-7-11-16(15)17;1-18(2,3)15-10-11-17-14(12-15)9-8-13-6-4-5-7-16(13)17/h4-18H,1-3H3;2*4-12H,1-3H3. The van der Waals surface area contributed by atoms with Gasteiger partial charge in [0.1, 0.15) is 0 Å². The van der Waals surface area contributed by atoms with E-state index in [1.807, 2.05) is 0 Å². The molecule has 0 aliphatic carbocycles. The Morgan fingerprint density at radius 2 is 0.661 bits per heavy atom. The van der Waals surface area contributed by atoms with Crippen LogP contribution in [0.2, 0.25) is 0 Å². The average molecular weight is 805 g/mol. The Bertz CT molecular complexity index is 3140. The van der Waals surface area contributed by atoms with Gasteiger partial charge in [0.15, 0.2) is 0 Å². The van der Waals surface area contributed by atoms with E-state index < -0.39 is 0 Å². The lowest BCUT2D eigenvalue weighted by Gasteiger charge is -2.22. The largest absolute Gasteiger partial charge is 0.0622 e. The highest BCUT2D eigenvalue weighted by molar-refractivity contribution is 6.10. The van der Waals surface area contributed by atoms with E-state index in [0.29, 0.717) is 0 Å². The molecular formula is C62H60. The van der Waals surface area contributed by atoms with Gasteiger partial charge < -0.3 is 0 Å². The van der Waals surface area contributed by atoms with E-state index in [9.17, 15) is 0 Å². The van der Waals surface area contributed by atoms with Crippen LogP contribution in [0.1, 0.15) is 79.0 Å². The summed E-state index contributed by atoms with van der Waals surface area (Å²) in [7, 11) is 0. The fourth-order valence-electron chi connectivity index (χ4n) is 8.74. The summed E-state index contributed by atoms with van der Waals surface area (Å²) in [4.78, 5) is 0. The summed E-state index contributed by atoms with van der Waals surface area (Å²) in [5, 5.41) is 13.4. The Morgan fingerprint density at radius 1 is 0.242 bits per heavy atom. The third-order valence-corrected chi connectivity index (χ3v) is 12.3. The second-order valence-corrected chi connectivity index (χ2v) is 19.8. The van der Waals surface area contributed by atoms with Crippen LogP contribution in [0.5, 0.6) is 0 Å². The lowest BCUT2D eigenvalue weighted by molar-refractivity contribution is 0.590. The van der Waals surface area contributed by atoms with Crippen molar-refractivity contribution in [3.05, 3.63) is 217 Å². The van der Waals surface area contributed by atoms with Crippen LogP contribution in [-0.2, 0) is 16.2 Å². The minimum Gasteiger partial charge on any atom is -0.0622 e. The van der Waals surface area contributed by atoms with E-state index in [2.05, 4.69) is 263 Å². The zero-order valence-corrected chi connectivity index (χ0v) is 38.1. The zero-order valence-electron chi connectivity index (χ0n) is 38.1. The molecule has 0 aromatic heterocycles. The number of hydrogen-bond donors (Lipinski definition) is 0. The molecule has 0 saturated heterocycles. The SMILES string of the molecule is CC(C)(C)c1cc2ccccc2c2ccccc12.CC(C)(C)c1ccc(-c2cccc3c(-c4ccccc4)cccc23)cc1.CC(C)(C)c1ccc2c(ccc3ccccc32)c1. The molecule has 0 spiro atoms. The summed E-state index contributed by atoms with van der Waals surface area (Å²) in [5.74, 6) is 0. The van der Waals surface area contributed by atoms with E-state index in [1.54, 1.807) is 0 Å². The number of fused-ring (bicyclic) bond motifs is 7. The van der Waals surface area contributed by atoms with Crippen molar-refractivity contribution in [1.29, 1.82) is 0 Å². The molecule has 0 bridgehead atoms. The van der Waals surface area contributed by atoms with Crippen molar-refractivity contribution in [2.24, 2.45) is 0 Å². The van der Waals surface area contributed by atoms with Gasteiger partial charge >= 0.3 is 0 Å². The van der Waals surface area contributed by atoms with Crippen molar-refractivity contribution in [1.82, 2.24) is 0 Å². The van der Waals surface area contributed by atoms with Crippen LogP contribution in [-0.4, -0.2) is 0 Å². The van der Waals surface area contributed by atoms with Gasteiger partial charge in [0, 0.05) is 0 Å². The van der Waals surface area contributed by atoms with Crippen LogP contribution >= 0.6 is 0 Å². The van der Waals surface area contributed by atoms with Crippen LogP contribution in [0, 0.1) is 0 Å². The molecule has 62 heavy (non-hydrogen) atoms. The predicted octanol–water partition coefficient (Wildman–Crippen LogP) is 18.1. The highest BCUT2D eigenvalue weighted by Crippen LogP contribution is 2.37. The van der Waals surface area contributed by atoms with Crippen molar-refractivity contribution in [2.75, 3.05) is 0 Å². The van der Waals surface area contributed by atoms with Gasteiger partial charge in [0.2, 0.25) is 0 Å². The zero-order chi connectivity index (χ0) is 43.6. The highest BCUT2D eigenvalue weighted by atomic mass is 14.2. The molecule has 0 unspecified atom stereocenters. The van der Waals surface area contributed by atoms with E-state index in [0.717, 1.165) is 0 Å². The summed E-state index contributed by atoms with van der Waals surface area (Å²) in [6.07, 6.45) is 0. The second kappa shape index (κ2) is 17.1. The summed E-state index contributed by atoms with van der Waals surface area (Å²) in [6, 6.07) is 72.5. The molecule has 0 radical (unpaired) electrons. The Balaban J connectivity index is 0.000000131. The van der Waals surface area contributed by atoms with Gasteiger partial charge in [-0.25, -0.2) is 0 Å². The minimum absolute atomic E-state index is 0.170. The smallest absolute Gasteiger partial charge is 0.00992 e. The molecular weight excluding hydrogens is 745 g/mol. The van der Waals surface area contributed by atoms with Gasteiger partial charge in [-0.05, 0) is 115 Å². The maximum absolute atomic E-state index is 2.34. The topological polar surface area (TPSA) is 0 Å². The summed E-state index contributed by atoms with van der Waals surface area (Å²) in [5.41, 5.74) is 9.86. The molecule has 0 fully saturated rings. The Kier molecular flexibility index (Phi) is 11.6. The molecule has 10 aromatic rings. The molecule has 0 saturated carbocycles. The van der Waals surface area contributed by atoms with Crippen molar-refractivity contribution in [2.45, 2.75) is 78.6 Å². The maximum Gasteiger partial charge on any atom is -0.00992 e. The van der Waals surface area contributed by atoms with Gasteiger partial charge in [-0.1, -0.05) is 256 Å². The van der Waals surface area contributed by atoms with Crippen LogP contribution in [0.4, 0.5) is 0 Å². The van der Waals surface area contributed by atoms with Crippen LogP contribution < -0.4 is 0 Å². The van der Waals surface area contributed by atoms with Gasteiger partial charge in [-0.2, -0.15) is 0 Å². The molecule has 10 rings (SSSR count). The summed E-state index contributed by atoms with van der Waals surface area (Å²) in [6.45, 7) is 20.4. The van der Waals surface area contributed by atoms with Crippen LogP contribution in [0.3, 0.4) is 0 Å². The molecule has 0 aliphatic rings. The molecule has 0 nitrogen and oxygen atoms in total. The van der Waals surface area contributed by atoms with E-state index >= 15 is 0 Å². The van der Waals surface area contributed by atoms with E-state index in [4.69, 9.17) is 0 Å². The molecule has 10 aromatic carbocycles. The van der Waals surface area contributed by atoms with Crippen molar-refractivity contribution in [3.8, 4) is 22.3 Å². The normalized spacial score (nSPS) is 12.0. The summed E-state index contributed by atoms with van der Waals surface area (Å²) >= 11 is 0. The molecule has 308 valence electrons. The molecule has 0 heterocycles. The molecule has 0 atom stereocenters. The molecule has 0 N–H and O–H groups in total. The monoisotopic (exact) mass is 804 g/mol. The minimum atomic E-state index is 0.170. The van der Waals surface area contributed by atoms with Crippen molar-refractivity contribution >= 4 is 53.9 Å². The van der Waals surface area contributed by atoms with E-state index in [-0.39, 0.29) is 16.2 Å².